The van der Waals surface area contributed by atoms with Crippen molar-refractivity contribution < 1.29 is 31.5 Å². The lowest BCUT2D eigenvalue weighted by atomic mass is 10.0. The number of carbonyl (C=O) groups excluding carboxylic acids is 1. The largest absolute Gasteiger partial charge is 0.465 e. The molecule has 0 aromatic heterocycles. The molecule has 1 aromatic carbocycles. The number of methoxy groups -OCH3 is 1. The summed E-state index contributed by atoms with van der Waals surface area (Å²) in [5, 5.41) is 0. The van der Waals surface area contributed by atoms with Gasteiger partial charge in [-0.25, -0.2) is 4.79 Å². The summed E-state index contributed by atoms with van der Waals surface area (Å²) in [5.41, 5.74) is 0.868. The summed E-state index contributed by atoms with van der Waals surface area (Å²) in [6, 6.07) is 5.86. The first kappa shape index (κ1) is 16.4. The predicted molar refractivity (Wildman–Crippen MR) is 61.7 cm³/mol. The van der Waals surface area contributed by atoms with Gasteiger partial charge < -0.3 is 4.74 Å². The monoisotopic (exact) mass is 296 g/mol. The van der Waals surface area contributed by atoms with Crippen molar-refractivity contribution in [3.05, 3.63) is 35.4 Å². The lowest BCUT2D eigenvalue weighted by molar-refractivity contribution is -0.284. The molecule has 7 heteroatoms. The van der Waals surface area contributed by atoms with E-state index in [1.165, 1.54) is 31.4 Å². The number of esters is 1. The van der Waals surface area contributed by atoms with Crippen LogP contribution in [0.5, 0.6) is 0 Å². The van der Waals surface area contributed by atoms with E-state index < -0.39 is 24.5 Å². The van der Waals surface area contributed by atoms with Crippen molar-refractivity contribution in [2.45, 2.75) is 31.4 Å². The summed E-state index contributed by atoms with van der Waals surface area (Å²) in [7, 11) is 1.22. The zero-order valence-electron chi connectivity index (χ0n) is 10.6. The number of carbonyl (C=O) groups is 1. The average Bonchev–Trinajstić information content (AvgIpc) is 2.37. The van der Waals surface area contributed by atoms with E-state index in [-0.39, 0.29) is 18.4 Å². The maximum atomic E-state index is 12.7. The summed E-state index contributed by atoms with van der Waals surface area (Å²) in [5.74, 6) is -5.21. The van der Waals surface area contributed by atoms with Crippen LogP contribution in [0, 0.1) is 0 Å². The van der Waals surface area contributed by atoms with Crippen LogP contribution in [-0.2, 0) is 11.2 Å². The Kier molecular flexibility index (Phi) is 5.08. The SMILES string of the molecule is COC(=O)c1ccc(CCCC(F)(F)C(F)(F)F)cc1. The quantitative estimate of drug-likeness (QED) is 0.606. The molecule has 0 radical (unpaired) electrons. The normalized spacial score (nSPS) is 12.3. The van der Waals surface area contributed by atoms with Gasteiger partial charge in [-0.2, -0.15) is 22.0 Å². The molecule has 0 aliphatic rings. The van der Waals surface area contributed by atoms with E-state index in [1.807, 2.05) is 0 Å². The van der Waals surface area contributed by atoms with E-state index in [9.17, 15) is 26.7 Å². The van der Waals surface area contributed by atoms with Gasteiger partial charge in [-0.1, -0.05) is 12.1 Å². The first-order valence-electron chi connectivity index (χ1n) is 5.79. The van der Waals surface area contributed by atoms with Crippen molar-refractivity contribution in [2.24, 2.45) is 0 Å². The molecule has 112 valence electrons. The van der Waals surface area contributed by atoms with Crippen LogP contribution in [0.4, 0.5) is 22.0 Å². The van der Waals surface area contributed by atoms with E-state index in [4.69, 9.17) is 0 Å². The van der Waals surface area contributed by atoms with Crippen LogP contribution >= 0.6 is 0 Å². The van der Waals surface area contributed by atoms with Crippen molar-refractivity contribution in [1.29, 1.82) is 0 Å². The molecule has 0 bridgehead atoms. The van der Waals surface area contributed by atoms with Crippen LogP contribution in [0.3, 0.4) is 0 Å². The summed E-state index contributed by atoms with van der Waals surface area (Å²) in [6.07, 6.45) is -6.99. The summed E-state index contributed by atoms with van der Waals surface area (Å²) >= 11 is 0. The van der Waals surface area contributed by atoms with Gasteiger partial charge in [0.05, 0.1) is 12.7 Å². The molecule has 0 fully saturated rings. The molecule has 20 heavy (non-hydrogen) atoms. The van der Waals surface area contributed by atoms with Gasteiger partial charge in [-0.05, 0) is 30.5 Å². The van der Waals surface area contributed by atoms with Gasteiger partial charge in [-0.3, -0.25) is 0 Å². The molecule has 1 aromatic rings. The number of alkyl halides is 5. The third-order valence-electron chi connectivity index (χ3n) is 2.75. The minimum atomic E-state index is -5.51. The molecular weight excluding hydrogens is 283 g/mol. The maximum Gasteiger partial charge on any atom is 0.453 e. The summed E-state index contributed by atoms with van der Waals surface area (Å²) < 4.78 is 65.6. The second kappa shape index (κ2) is 6.19. The molecule has 0 heterocycles. The Balaban J connectivity index is 2.53. The molecule has 0 saturated carbocycles. The Hall–Kier alpha value is -1.66. The van der Waals surface area contributed by atoms with E-state index in [0.29, 0.717) is 5.56 Å². The van der Waals surface area contributed by atoms with Gasteiger partial charge in [0.1, 0.15) is 0 Å². The second-order valence-electron chi connectivity index (χ2n) is 4.24. The second-order valence-corrected chi connectivity index (χ2v) is 4.24. The number of hydrogen-bond acceptors (Lipinski definition) is 2. The van der Waals surface area contributed by atoms with E-state index >= 15 is 0 Å². The number of benzene rings is 1. The zero-order valence-corrected chi connectivity index (χ0v) is 10.6. The fourth-order valence-corrected chi connectivity index (χ4v) is 1.58. The van der Waals surface area contributed by atoms with Gasteiger partial charge in [0.15, 0.2) is 0 Å². The molecule has 0 N–H and O–H groups in total. The fourth-order valence-electron chi connectivity index (χ4n) is 1.58. The lowest BCUT2D eigenvalue weighted by Crippen LogP contribution is -2.36. The van der Waals surface area contributed by atoms with Crippen LogP contribution in [0.1, 0.15) is 28.8 Å². The van der Waals surface area contributed by atoms with Crippen molar-refractivity contribution in [3.8, 4) is 0 Å². The molecule has 0 aliphatic carbocycles. The Morgan fingerprint density at radius 3 is 2.10 bits per heavy atom. The van der Waals surface area contributed by atoms with Gasteiger partial charge in [0.25, 0.3) is 0 Å². The van der Waals surface area contributed by atoms with Crippen molar-refractivity contribution in [1.82, 2.24) is 0 Å². The Labute approximate surface area is 112 Å². The molecule has 0 unspecified atom stereocenters. The topological polar surface area (TPSA) is 26.3 Å². The molecule has 0 atom stereocenters. The summed E-state index contributed by atoms with van der Waals surface area (Å²) in [4.78, 5) is 11.1. The standard InChI is InChI=1S/C13H13F5O2/c1-20-11(19)10-6-4-9(5-7-10)3-2-8-12(14,15)13(16,17)18/h4-7H,2-3,8H2,1H3. The van der Waals surface area contributed by atoms with Gasteiger partial charge >= 0.3 is 18.1 Å². The number of ether oxygens (including phenoxy) is 1. The third-order valence-corrected chi connectivity index (χ3v) is 2.75. The molecule has 0 amide bonds. The zero-order chi connectivity index (χ0) is 15.4. The first-order valence-corrected chi connectivity index (χ1v) is 5.79. The van der Waals surface area contributed by atoms with E-state index in [0.717, 1.165) is 0 Å². The number of rotatable bonds is 5. The lowest BCUT2D eigenvalue weighted by Gasteiger charge is -2.19. The van der Waals surface area contributed by atoms with Crippen LogP contribution in [-0.4, -0.2) is 25.2 Å². The van der Waals surface area contributed by atoms with E-state index in [2.05, 4.69) is 4.74 Å². The highest BCUT2D eigenvalue weighted by Crippen LogP contribution is 2.39. The molecule has 2 nitrogen and oxygen atoms in total. The van der Waals surface area contributed by atoms with Crippen LogP contribution in [0.15, 0.2) is 24.3 Å². The highest BCUT2D eigenvalue weighted by atomic mass is 19.4. The van der Waals surface area contributed by atoms with Crippen molar-refractivity contribution in [3.63, 3.8) is 0 Å². The smallest absolute Gasteiger partial charge is 0.453 e. The van der Waals surface area contributed by atoms with Crippen LogP contribution in [0.2, 0.25) is 0 Å². The first-order chi connectivity index (χ1) is 9.17. The molecule has 0 spiro atoms. The third kappa shape index (κ3) is 4.18. The Morgan fingerprint density at radius 2 is 1.65 bits per heavy atom. The van der Waals surface area contributed by atoms with E-state index in [1.54, 1.807) is 0 Å². The molecular formula is C13H13F5O2. The number of aryl methyl sites for hydroxylation is 1. The van der Waals surface area contributed by atoms with Crippen LogP contribution in [0.25, 0.3) is 0 Å². The minimum absolute atomic E-state index is 0.0765. The number of hydrogen-bond donors (Lipinski definition) is 0. The van der Waals surface area contributed by atoms with Gasteiger partial charge in [-0.15, -0.1) is 0 Å². The van der Waals surface area contributed by atoms with Crippen molar-refractivity contribution >= 4 is 5.97 Å². The average molecular weight is 296 g/mol. The number of halogens is 5. The summed E-state index contributed by atoms with van der Waals surface area (Å²) in [6.45, 7) is 0. The van der Waals surface area contributed by atoms with Gasteiger partial charge in [0, 0.05) is 6.42 Å². The molecule has 1 rings (SSSR count). The molecule has 0 aliphatic heterocycles. The predicted octanol–water partition coefficient (Wildman–Crippen LogP) is 3.99. The maximum absolute atomic E-state index is 12.7. The Morgan fingerprint density at radius 1 is 1.10 bits per heavy atom. The Bertz CT molecular complexity index is 451. The fraction of sp³-hybridized carbons (Fsp3) is 0.462. The minimum Gasteiger partial charge on any atom is -0.465 e. The van der Waals surface area contributed by atoms with Crippen LogP contribution < -0.4 is 0 Å². The molecule has 0 saturated heterocycles. The highest BCUT2D eigenvalue weighted by Gasteiger charge is 2.56. The van der Waals surface area contributed by atoms with Crippen molar-refractivity contribution in [2.75, 3.05) is 7.11 Å². The highest BCUT2D eigenvalue weighted by molar-refractivity contribution is 5.89. The van der Waals surface area contributed by atoms with Gasteiger partial charge in [0.2, 0.25) is 0 Å².